The molecule has 1 amide bonds. The van der Waals surface area contributed by atoms with Crippen molar-refractivity contribution >= 4 is 52.0 Å². The molecule has 2 N–H and O–H groups in total. The van der Waals surface area contributed by atoms with Gasteiger partial charge in [0.1, 0.15) is 11.1 Å². The molecule has 0 radical (unpaired) electrons. The summed E-state index contributed by atoms with van der Waals surface area (Å²) in [5, 5.41) is 43.9. The van der Waals surface area contributed by atoms with Gasteiger partial charge in [0.05, 0.1) is 32.9 Å². The zero-order valence-corrected chi connectivity index (χ0v) is 39.1. The minimum absolute atomic E-state index is 0. The molecular formula is C41H55N10NaO11. The number of carboxylic acid groups (broad SMARTS) is 1. The maximum absolute atomic E-state index is 12.0. The SMILES string of the molecule is CCOC(=O)c1cc(N2CCN(C)C[C@@H]2C)ccc1[N+](=O)[O-].C[C@H]1CN(C)CCN1c1ccc([N+](=O)[O-])c(C(=O)[O-])c1.C[C@H]1CN(C)CCN1c1ccc([N+](=O)[O-])c(C(N)=O)c1.[Na+]. The van der Waals surface area contributed by atoms with Crippen LogP contribution in [0.1, 0.15) is 58.8 Å². The minimum atomic E-state index is -1.53. The average molecular weight is 887 g/mol. The fraction of sp³-hybridized carbons (Fsp3) is 0.488. The van der Waals surface area contributed by atoms with Gasteiger partial charge in [-0.15, -0.1) is 0 Å². The summed E-state index contributed by atoms with van der Waals surface area (Å²) in [6.07, 6.45) is 0. The van der Waals surface area contributed by atoms with E-state index >= 15 is 0 Å². The number of carbonyl (C=O) groups excluding carboxylic acids is 3. The van der Waals surface area contributed by atoms with E-state index in [1.54, 1.807) is 31.2 Å². The Morgan fingerprint density at radius 2 is 0.921 bits per heavy atom. The van der Waals surface area contributed by atoms with Gasteiger partial charge in [-0.3, -0.25) is 35.1 Å². The maximum atomic E-state index is 12.0. The molecule has 0 aromatic heterocycles. The Labute approximate surface area is 388 Å². The Kier molecular flexibility index (Phi) is 19.2. The van der Waals surface area contributed by atoms with Gasteiger partial charge in [-0.1, -0.05) is 0 Å². The average Bonchev–Trinajstić information content (AvgIpc) is 3.20. The number of benzene rings is 3. The van der Waals surface area contributed by atoms with Crippen molar-refractivity contribution in [2.24, 2.45) is 5.73 Å². The smallest absolute Gasteiger partial charge is 0.545 e. The standard InChI is InChI=1S/C15H21N3O4.C13H18N4O3.C13H17N3O4.Na/c1-4-22-15(19)13-9-12(5-6-14(13)18(20)21)17-8-7-16(3)10-11(17)2;1-9-8-15(2)5-6-16(9)10-3-4-12(17(19)20)11(7-10)13(14)18;1-9-8-14(2)5-6-15(9)10-3-4-12(16(19)20)11(7-10)13(17)18;/h5-6,9,11H,4,7-8,10H2,1-3H3;3-4,7,9H,5-6,8H2,1-2H3,(H2,14,18);3-4,7,9H,5-6,8H2,1-2H3,(H,17,18);/q;;;+1/p-1/t11-;2*9-;/m000./s1. The fourth-order valence-corrected chi connectivity index (χ4v) is 7.89. The molecule has 3 saturated heterocycles. The predicted molar refractivity (Wildman–Crippen MR) is 231 cm³/mol. The van der Waals surface area contributed by atoms with Crippen molar-refractivity contribution in [2.45, 2.75) is 45.8 Å². The normalized spacial score (nSPS) is 19.3. The number of amides is 1. The summed E-state index contributed by atoms with van der Waals surface area (Å²) in [5.74, 6) is -2.96. The van der Waals surface area contributed by atoms with Gasteiger partial charge in [-0.25, -0.2) is 4.79 Å². The van der Waals surface area contributed by atoms with Gasteiger partial charge in [0.2, 0.25) is 0 Å². The molecule has 0 bridgehead atoms. The van der Waals surface area contributed by atoms with Crippen LogP contribution < -0.4 is 55.1 Å². The minimum Gasteiger partial charge on any atom is -0.545 e. The van der Waals surface area contributed by atoms with Gasteiger partial charge in [0.25, 0.3) is 23.0 Å². The third-order valence-corrected chi connectivity index (χ3v) is 11.0. The van der Waals surface area contributed by atoms with E-state index in [1.165, 1.54) is 30.3 Å². The second-order valence-corrected chi connectivity index (χ2v) is 15.7. The molecule has 0 saturated carbocycles. The molecule has 336 valence electrons. The zero-order chi connectivity index (χ0) is 46.0. The van der Waals surface area contributed by atoms with Crippen molar-refractivity contribution in [1.82, 2.24) is 14.7 Å². The van der Waals surface area contributed by atoms with Crippen molar-refractivity contribution in [2.75, 3.05) is 101 Å². The Bertz CT molecular complexity index is 2050. The molecule has 0 spiro atoms. The number of rotatable bonds is 10. The number of nitrogens with two attached hydrogens (primary N) is 1. The first-order chi connectivity index (χ1) is 29.2. The van der Waals surface area contributed by atoms with E-state index < -0.39 is 38.3 Å². The quantitative estimate of drug-likeness (QED) is 0.120. The number of piperazine rings is 3. The molecule has 63 heavy (non-hydrogen) atoms. The van der Waals surface area contributed by atoms with Crippen molar-refractivity contribution < 1.29 is 68.6 Å². The van der Waals surface area contributed by atoms with Crippen LogP contribution in [0.3, 0.4) is 0 Å². The molecular weight excluding hydrogens is 831 g/mol. The first-order valence-corrected chi connectivity index (χ1v) is 20.1. The van der Waals surface area contributed by atoms with Crippen LogP contribution in [0, 0.1) is 30.3 Å². The summed E-state index contributed by atoms with van der Waals surface area (Å²) in [5.41, 5.74) is 6.21. The number of nitrogens with zero attached hydrogens (tertiary/aromatic N) is 9. The van der Waals surface area contributed by atoms with Crippen LogP contribution in [-0.2, 0) is 4.74 Å². The Morgan fingerprint density at radius 1 is 0.603 bits per heavy atom. The summed E-state index contributed by atoms with van der Waals surface area (Å²) in [6.45, 7) is 15.8. The molecule has 0 unspecified atom stereocenters. The number of nitro groups is 3. The molecule has 21 nitrogen and oxygen atoms in total. The van der Waals surface area contributed by atoms with Crippen LogP contribution in [-0.4, -0.2) is 152 Å². The number of hydrogen-bond donors (Lipinski definition) is 1. The third kappa shape index (κ3) is 13.5. The molecule has 3 atom stereocenters. The summed E-state index contributed by atoms with van der Waals surface area (Å²) in [6, 6.07) is 14.1. The second-order valence-electron chi connectivity index (χ2n) is 15.7. The Morgan fingerprint density at radius 3 is 1.22 bits per heavy atom. The van der Waals surface area contributed by atoms with E-state index in [0.29, 0.717) is 5.69 Å². The number of esters is 1. The maximum Gasteiger partial charge on any atom is 1.00 e. The number of aromatic carboxylic acids is 1. The van der Waals surface area contributed by atoms with Crippen molar-refractivity contribution in [3.63, 3.8) is 0 Å². The van der Waals surface area contributed by atoms with Crippen LogP contribution in [0.4, 0.5) is 34.1 Å². The summed E-state index contributed by atoms with van der Waals surface area (Å²) in [4.78, 5) is 78.4. The van der Waals surface area contributed by atoms with Gasteiger partial charge in [0, 0.05) is 112 Å². The van der Waals surface area contributed by atoms with Gasteiger partial charge in [-0.05, 0) is 85.2 Å². The summed E-state index contributed by atoms with van der Waals surface area (Å²) >= 11 is 0. The number of hydrogen-bond acceptors (Lipinski definition) is 17. The first kappa shape index (κ1) is 51.9. The summed E-state index contributed by atoms with van der Waals surface area (Å²) < 4.78 is 4.93. The van der Waals surface area contributed by atoms with Gasteiger partial charge in [-0.2, -0.15) is 0 Å². The number of primary amides is 1. The monoisotopic (exact) mass is 886 g/mol. The van der Waals surface area contributed by atoms with E-state index in [0.717, 1.165) is 70.3 Å². The van der Waals surface area contributed by atoms with Gasteiger partial charge < -0.3 is 49.8 Å². The van der Waals surface area contributed by atoms with Crippen molar-refractivity contribution in [1.29, 1.82) is 0 Å². The van der Waals surface area contributed by atoms with Gasteiger partial charge >= 0.3 is 35.5 Å². The largest absolute Gasteiger partial charge is 1.00 e. The Hall–Kier alpha value is -5.45. The number of carbonyl (C=O) groups is 3. The number of ether oxygens (including phenoxy) is 1. The van der Waals surface area contributed by atoms with Crippen molar-refractivity contribution in [3.8, 4) is 0 Å². The second kappa shape index (κ2) is 23.3. The molecule has 0 aliphatic carbocycles. The summed E-state index contributed by atoms with van der Waals surface area (Å²) in [7, 11) is 6.14. The zero-order valence-electron chi connectivity index (χ0n) is 37.1. The molecule has 3 aromatic rings. The topological polar surface area (TPSA) is 258 Å². The molecule has 3 aliphatic heterocycles. The van der Waals surface area contributed by atoms with Gasteiger partial charge in [0.15, 0.2) is 0 Å². The van der Waals surface area contributed by atoms with Crippen LogP contribution in [0.2, 0.25) is 0 Å². The van der Waals surface area contributed by atoms with Crippen LogP contribution in [0.15, 0.2) is 54.6 Å². The van der Waals surface area contributed by atoms with E-state index in [-0.39, 0.29) is 82.4 Å². The third-order valence-electron chi connectivity index (χ3n) is 11.0. The number of carboxylic acids is 1. The predicted octanol–water partition coefficient (Wildman–Crippen LogP) is -0.152. The van der Waals surface area contributed by atoms with E-state index in [4.69, 9.17) is 10.5 Å². The fourth-order valence-electron chi connectivity index (χ4n) is 7.89. The molecule has 3 heterocycles. The molecule has 6 rings (SSSR count). The van der Waals surface area contributed by atoms with Crippen molar-refractivity contribution in [3.05, 3.63) is 102 Å². The molecule has 22 heteroatoms. The molecule has 3 fully saturated rings. The number of likely N-dealkylation sites (N-methyl/N-ethyl adjacent to an activating group) is 3. The van der Waals surface area contributed by atoms with E-state index in [2.05, 4.69) is 57.3 Å². The van der Waals surface area contributed by atoms with Crippen LogP contribution in [0.25, 0.3) is 0 Å². The first-order valence-electron chi connectivity index (χ1n) is 20.1. The van der Waals surface area contributed by atoms with E-state index in [1.807, 2.05) is 14.0 Å². The number of anilines is 3. The number of nitro benzene ring substituents is 3. The van der Waals surface area contributed by atoms with Crippen LogP contribution in [0.5, 0.6) is 0 Å². The molecule has 3 aromatic carbocycles. The molecule has 3 aliphatic rings. The van der Waals surface area contributed by atoms with Crippen LogP contribution >= 0.6 is 0 Å². The van der Waals surface area contributed by atoms with E-state index in [9.17, 15) is 49.8 Å². The Balaban J connectivity index is 0.000000250.